The molecule has 0 bridgehead atoms. The van der Waals surface area contributed by atoms with Crippen LogP contribution in [0.2, 0.25) is 0 Å². The summed E-state index contributed by atoms with van der Waals surface area (Å²) in [7, 11) is 2.76. The molecule has 0 aliphatic heterocycles. The normalized spacial score (nSPS) is 9.00. The summed E-state index contributed by atoms with van der Waals surface area (Å²) in [4.78, 5) is 10.6. The summed E-state index contributed by atoms with van der Waals surface area (Å²) in [5, 5.41) is 12.3. The number of hydrogen-bond donors (Lipinski definition) is 0. The van der Waals surface area contributed by atoms with Gasteiger partial charge in [-0.2, -0.15) is 5.26 Å². The summed E-state index contributed by atoms with van der Waals surface area (Å²) in [6, 6.07) is 3.22. The smallest absolute Gasteiger partial charge is 0.437 e. The molecule has 0 radical (unpaired) electrons. The number of carbonyl (C=O) groups excluding carboxylic acids is 1. The molecule has 0 unspecified atom stereocenters. The SMILES string of the molecule is COC(=O)Oc1cc(C#N)n(C)n1. The number of hydrogen-bond acceptors (Lipinski definition) is 5. The molecule has 0 atom stereocenters. The maximum absolute atomic E-state index is 10.6. The van der Waals surface area contributed by atoms with E-state index < -0.39 is 6.16 Å². The Kier molecular flexibility index (Phi) is 2.50. The van der Waals surface area contributed by atoms with Gasteiger partial charge in [0.15, 0.2) is 0 Å². The average molecular weight is 181 g/mol. The molecule has 13 heavy (non-hydrogen) atoms. The molecule has 0 amide bonds. The van der Waals surface area contributed by atoms with Crippen LogP contribution in [0, 0.1) is 11.3 Å². The molecule has 0 aliphatic rings. The molecular formula is C7H7N3O3. The molecule has 1 aromatic heterocycles. The Balaban J connectivity index is 2.81. The van der Waals surface area contributed by atoms with Crippen LogP contribution in [0.5, 0.6) is 5.88 Å². The van der Waals surface area contributed by atoms with Crippen molar-refractivity contribution in [1.82, 2.24) is 9.78 Å². The van der Waals surface area contributed by atoms with Gasteiger partial charge in [-0.3, -0.25) is 4.68 Å². The van der Waals surface area contributed by atoms with Gasteiger partial charge in [-0.25, -0.2) is 4.79 Å². The van der Waals surface area contributed by atoms with Gasteiger partial charge in [-0.1, -0.05) is 0 Å². The Hall–Kier alpha value is -2.03. The molecule has 0 fully saturated rings. The third-order valence-electron chi connectivity index (χ3n) is 1.33. The van der Waals surface area contributed by atoms with Crippen molar-refractivity contribution in [2.24, 2.45) is 7.05 Å². The van der Waals surface area contributed by atoms with Gasteiger partial charge in [-0.05, 0) is 0 Å². The van der Waals surface area contributed by atoms with Crippen molar-refractivity contribution < 1.29 is 14.3 Å². The number of nitrogens with zero attached hydrogens (tertiary/aromatic N) is 3. The molecule has 0 aromatic carbocycles. The van der Waals surface area contributed by atoms with Crippen LogP contribution in [0.3, 0.4) is 0 Å². The van der Waals surface area contributed by atoms with Gasteiger partial charge in [0.25, 0.3) is 0 Å². The van der Waals surface area contributed by atoms with Crippen molar-refractivity contribution in [1.29, 1.82) is 5.26 Å². The minimum atomic E-state index is -0.859. The minimum Gasteiger partial charge on any atom is -0.437 e. The number of ether oxygens (including phenoxy) is 2. The van der Waals surface area contributed by atoms with Crippen LogP contribution < -0.4 is 4.74 Å². The van der Waals surface area contributed by atoms with Crippen LogP contribution in [-0.4, -0.2) is 23.0 Å². The van der Waals surface area contributed by atoms with E-state index in [0.29, 0.717) is 5.69 Å². The van der Waals surface area contributed by atoms with Crippen molar-refractivity contribution in [3.05, 3.63) is 11.8 Å². The topological polar surface area (TPSA) is 77.1 Å². The fourth-order valence-corrected chi connectivity index (χ4v) is 0.723. The Labute approximate surface area is 74.3 Å². The lowest BCUT2D eigenvalue weighted by atomic mass is 10.5. The van der Waals surface area contributed by atoms with E-state index in [1.165, 1.54) is 17.9 Å². The lowest BCUT2D eigenvalue weighted by molar-refractivity contribution is 0.119. The van der Waals surface area contributed by atoms with Crippen molar-refractivity contribution in [2.45, 2.75) is 0 Å². The van der Waals surface area contributed by atoms with Gasteiger partial charge in [0.1, 0.15) is 11.8 Å². The van der Waals surface area contributed by atoms with Crippen LogP contribution in [-0.2, 0) is 11.8 Å². The molecule has 0 saturated heterocycles. The fraction of sp³-hybridized carbons (Fsp3) is 0.286. The first kappa shape index (κ1) is 9.06. The van der Waals surface area contributed by atoms with Gasteiger partial charge in [-0.15, -0.1) is 5.10 Å². The summed E-state index contributed by atoms with van der Waals surface area (Å²) in [6.07, 6.45) is -0.859. The van der Waals surface area contributed by atoms with E-state index in [1.807, 2.05) is 6.07 Å². The van der Waals surface area contributed by atoms with Crippen molar-refractivity contribution in [2.75, 3.05) is 7.11 Å². The molecule has 1 aromatic rings. The fourth-order valence-electron chi connectivity index (χ4n) is 0.723. The van der Waals surface area contributed by atoms with Gasteiger partial charge in [0.05, 0.1) is 7.11 Å². The number of nitriles is 1. The number of carbonyl (C=O) groups is 1. The number of rotatable bonds is 1. The third-order valence-corrected chi connectivity index (χ3v) is 1.33. The van der Waals surface area contributed by atoms with Crippen molar-refractivity contribution in [3.63, 3.8) is 0 Å². The number of methoxy groups -OCH3 is 1. The molecule has 1 heterocycles. The minimum absolute atomic E-state index is 0.0471. The van der Waals surface area contributed by atoms with Gasteiger partial charge in [0, 0.05) is 13.1 Å². The van der Waals surface area contributed by atoms with Crippen LogP contribution in [0.15, 0.2) is 6.07 Å². The van der Waals surface area contributed by atoms with Crippen molar-refractivity contribution >= 4 is 6.16 Å². The Morgan fingerprint density at radius 3 is 2.92 bits per heavy atom. The van der Waals surface area contributed by atoms with Crippen LogP contribution in [0.4, 0.5) is 4.79 Å². The lowest BCUT2D eigenvalue weighted by Crippen LogP contribution is -2.07. The van der Waals surface area contributed by atoms with E-state index in [4.69, 9.17) is 5.26 Å². The van der Waals surface area contributed by atoms with Crippen LogP contribution >= 0.6 is 0 Å². The van der Waals surface area contributed by atoms with E-state index in [0.717, 1.165) is 0 Å². The first-order chi connectivity index (χ1) is 6.17. The average Bonchev–Trinajstić information content (AvgIpc) is 2.46. The highest BCUT2D eigenvalue weighted by atomic mass is 16.7. The maximum atomic E-state index is 10.6. The van der Waals surface area contributed by atoms with E-state index in [1.54, 1.807) is 7.05 Å². The maximum Gasteiger partial charge on any atom is 0.514 e. The van der Waals surface area contributed by atoms with Gasteiger partial charge in [0.2, 0.25) is 5.88 Å². The number of aryl methyl sites for hydroxylation is 1. The quantitative estimate of drug-likeness (QED) is 0.587. The number of aromatic nitrogens is 2. The molecule has 0 N–H and O–H groups in total. The molecular weight excluding hydrogens is 174 g/mol. The molecule has 1 rings (SSSR count). The third kappa shape index (κ3) is 1.96. The standard InChI is InChI=1S/C7H7N3O3/c1-10-5(4-8)3-6(9-10)13-7(11)12-2/h3H,1-2H3. The molecule has 0 spiro atoms. The molecule has 6 nitrogen and oxygen atoms in total. The molecule has 68 valence electrons. The summed E-state index contributed by atoms with van der Waals surface area (Å²) in [6.45, 7) is 0. The largest absolute Gasteiger partial charge is 0.514 e. The molecule has 0 saturated carbocycles. The van der Waals surface area contributed by atoms with E-state index >= 15 is 0 Å². The van der Waals surface area contributed by atoms with E-state index in [-0.39, 0.29) is 5.88 Å². The first-order valence-electron chi connectivity index (χ1n) is 3.37. The first-order valence-corrected chi connectivity index (χ1v) is 3.37. The Bertz CT molecular complexity index is 364. The summed E-state index contributed by atoms with van der Waals surface area (Å²) < 4.78 is 10.1. The summed E-state index contributed by atoms with van der Waals surface area (Å²) in [5.74, 6) is 0.0471. The second kappa shape index (κ2) is 3.58. The highest BCUT2D eigenvalue weighted by Gasteiger charge is 2.09. The highest BCUT2D eigenvalue weighted by molar-refractivity contribution is 5.62. The summed E-state index contributed by atoms with van der Waals surface area (Å²) >= 11 is 0. The Morgan fingerprint density at radius 2 is 2.46 bits per heavy atom. The highest BCUT2D eigenvalue weighted by Crippen LogP contribution is 2.09. The van der Waals surface area contributed by atoms with Gasteiger partial charge >= 0.3 is 6.16 Å². The lowest BCUT2D eigenvalue weighted by Gasteiger charge is -1.95. The monoisotopic (exact) mass is 181 g/mol. The second-order valence-corrected chi connectivity index (χ2v) is 2.16. The van der Waals surface area contributed by atoms with Gasteiger partial charge < -0.3 is 9.47 Å². The van der Waals surface area contributed by atoms with E-state index in [2.05, 4.69) is 14.6 Å². The zero-order valence-electron chi connectivity index (χ0n) is 7.14. The van der Waals surface area contributed by atoms with Crippen LogP contribution in [0.25, 0.3) is 0 Å². The predicted molar refractivity (Wildman–Crippen MR) is 41.0 cm³/mol. The second-order valence-electron chi connectivity index (χ2n) is 2.16. The predicted octanol–water partition coefficient (Wildman–Crippen LogP) is 0.437. The van der Waals surface area contributed by atoms with Crippen molar-refractivity contribution in [3.8, 4) is 11.9 Å². The Morgan fingerprint density at radius 1 is 1.77 bits per heavy atom. The zero-order valence-corrected chi connectivity index (χ0v) is 7.14. The molecule has 6 heteroatoms. The summed E-state index contributed by atoms with van der Waals surface area (Å²) in [5.41, 5.74) is 0.305. The van der Waals surface area contributed by atoms with E-state index in [9.17, 15) is 4.79 Å². The van der Waals surface area contributed by atoms with Crippen LogP contribution in [0.1, 0.15) is 5.69 Å². The molecule has 0 aliphatic carbocycles. The zero-order chi connectivity index (χ0) is 9.84.